The zero-order valence-electron chi connectivity index (χ0n) is 9.38. The quantitative estimate of drug-likeness (QED) is 0.771. The normalized spacial score (nSPS) is 23.2. The largest absolute Gasteiger partial charge is 0.460 e. The van der Waals surface area contributed by atoms with Gasteiger partial charge in [-0.2, -0.15) is 0 Å². The molecule has 1 aromatic rings. The molecule has 0 aliphatic carbocycles. The maximum atomic E-state index is 11.4. The summed E-state index contributed by atoms with van der Waals surface area (Å²) in [6, 6.07) is 0.126. The predicted molar refractivity (Wildman–Crippen MR) is 54.9 cm³/mol. The number of aliphatic hydroxyl groups is 1. The summed E-state index contributed by atoms with van der Waals surface area (Å²) < 4.78 is 6.45. The lowest BCUT2D eigenvalue weighted by molar-refractivity contribution is 0.0510. The maximum Gasteiger partial charge on any atom is 0.378 e. The SMILES string of the molecule is CCOC(=O)c1nc2n(n1)[C@@H](CC)C[C@@H]2O. The second-order valence-electron chi connectivity index (χ2n) is 3.77. The summed E-state index contributed by atoms with van der Waals surface area (Å²) in [5, 5.41) is 13.8. The van der Waals surface area contributed by atoms with Gasteiger partial charge in [0, 0.05) is 6.42 Å². The third-order valence-electron chi connectivity index (χ3n) is 2.73. The van der Waals surface area contributed by atoms with Crippen LogP contribution in [0.2, 0.25) is 0 Å². The molecule has 0 amide bonds. The van der Waals surface area contributed by atoms with E-state index in [2.05, 4.69) is 10.1 Å². The van der Waals surface area contributed by atoms with Crippen molar-refractivity contribution in [3.8, 4) is 0 Å². The zero-order valence-corrected chi connectivity index (χ0v) is 9.38. The molecule has 0 spiro atoms. The topological polar surface area (TPSA) is 77.2 Å². The Kier molecular flexibility index (Phi) is 2.91. The van der Waals surface area contributed by atoms with Gasteiger partial charge in [0.1, 0.15) is 6.10 Å². The number of fused-ring (bicyclic) bond motifs is 1. The lowest BCUT2D eigenvalue weighted by Crippen LogP contribution is -2.10. The van der Waals surface area contributed by atoms with Gasteiger partial charge in [-0.15, -0.1) is 5.10 Å². The fourth-order valence-electron chi connectivity index (χ4n) is 1.92. The van der Waals surface area contributed by atoms with Crippen LogP contribution in [0.5, 0.6) is 0 Å². The summed E-state index contributed by atoms with van der Waals surface area (Å²) in [4.78, 5) is 15.4. The molecule has 0 radical (unpaired) electrons. The van der Waals surface area contributed by atoms with Crippen LogP contribution in [0.1, 0.15) is 55.3 Å². The molecule has 2 rings (SSSR count). The molecule has 6 heteroatoms. The Labute approximate surface area is 93.2 Å². The molecule has 0 fully saturated rings. The van der Waals surface area contributed by atoms with E-state index in [4.69, 9.17) is 4.74 Å². The van der Waals surface area contributed by atoms with Gasteiger partial charge >= 0.3 is 5.97 Å². The maximum absolute atomic E-state index is 11.4. The van der Waals surface area contributed by atoms with E-state index in [9.17, 15) is 9.90 Å². The van der Waals surface area contributed by atoms with Gasteiger partial charge < -0.3 is 9.84 Å². The van der Waals surface area contributed by atoms with E-state index >= 15 is 0 Å². The number of carbonyl (C=O) groups excluding carboxylic acids is 1. The van der Waals surface area contributed by atoms with Crippen molar-refractivity contribution in [3.05, 3.63) is 11.6 Å². The van der Waals surface area contributed by atoms with Crippen LogP contribution in [-0.2, 0) is 4.74 Å². The number of rotatable bonds is 3. The Morgan fingerprint density at radius 3 is 3.00 bits per heavy atom. The molecule has 88 valence electrons. The zero-order chi connectivity index (χ0) is 11.7. The summed E-state index contributed by atoms with van der Waals surface area (Å²) in [6.07, 6.45) is 0.852. The fraction of sp³-hybridized carbons (Fsp3) is 0.700. The second-order valence-corrected chi connectivity index (χ2v) is 3.77. The number of hydrogen-bond donors (Lipinski definition) is 1. The van der Waals surface area contributed by atoms with Crippen molar-refractivity contribution < 1.29 is 14.6 Å². The van der Waals surface area contributed by atoms with Gasteiger partial charge in [0.2, 0.25) is 0 Å². The lowest BCUT2D eigenvalue weighted by atomic mass is 10.1. The van der Waals surface area contributed by atoms with Crippen LogP contribution < -0.4 is 0 Å². The minimum Gasteiger partial charge on any atom is -0.460 e. The molecule has 0 saturated heterocycles. The average Bonchev–Trinajstić information content (AvgIpc) is 2.80. The van der Waals surface area contributed by atoms with Crippen LogP contribution in [0.25, 0.3) is 0 Å². The summed E-state index contributed by atoms with van der Waals surface area (Å²) in [5.74, 6) is -0.0320. The molecule has 1 aliphatic rings. The summed E-state index contributed by atoms with van der Waals surface area (Å²) >= 11 is 0. The minimum atomic E-state index is -0.624. The number of aliphatic hydroxyl groups excluding tert-OH is 1. The van der Waals surface area contributed by atoms with Crippen molar-refractivity contribution in [1.29, 1.82) is 0 Å². The Morgan fingerprint density at radius 1 is 1.62 bits per heavy atom. The first kappa shape index (κ1) is 11.1. The van der Waals surface area contributed by atoms with Crippen molar-refractivity contribution in [3.63, 3.8) is 0 Å². The van der Waals surface area contributed by atoms with E-state index < -0.39 is 12.1 Å². The van der Waals surface area contributed by atoms with Crippen LogP contribution in [0.15, 0.2) is 0 Å². The van der Waals surface area contributed by atoms with Gasteiger partial charge in [-0.05, 0) is 13.3 Å². The van der Waals surface area contributed by atoms with Crippen molar-refractivity contribution in [1.82, 2.24) is 14.8 Å². The fourth-order valence-corrected chi connectivity index (χ4v) is 1.92. The van der Waals surface area contributed by atoms with Gasteiger partial charge in [-0.1, -0.05) is 6.92 Å². The number of ether oxygens (including phenoxy) is 1. The first-order valence-corrected chi connectivity index (χ1v) is 5.49. The average molecular weight is 225 g/mol. The first-order chi connectivity index (χ1) is 7.67. The molecular weight excluding hydrogens is 210 g/mol. The smallest absolute Gasteiger partial charge is 0.378 e. The highest BCUT2D eigenvalue weighted by molar-refractivity contribution is 5.85. The highest BCUT2D eigenvalue weighted by Gasteiger charge is 2.33. The van der Waals surface area contributed by atoms with Crippen molar-refractivity contribution >= 4 is 5.97 Å². The van der Waals surface area contributed by atoms with E-state index in [0.29, 0.717) is 18.9 Å². The molecule has 0 saturated carbocycles. The van der Waals surface area contributed by atoms with Crippen LogP contribution in [-0.4, -0.2) is 32.4 Å². The minimum absolute atomic E-state index is 0.0362. The summed E-state index contributed by atoms with van der Waals surface area (Å²) in [7, 11) is 0. The Morgan fingerprint density at radius 2 is 2.38 bits per heavy atom. The standard InChI is InChI=1S/C10H15N3O3/c1-3-6-5-7(14)9-11-8(12-13(6)9)10(15)16-4-2/h6-7,14H,3-5H2,1-2H3/t6-,7-/m0/s1. The Balaban J connectivity index is 2.27. The molecule has 1 N–H and O–H groups in total. The van der Waals surface area contributed by atoms with Gasteiger partial charge in [-0.25, -0.2) is 14.5 Å². The van der Waals surface area contributed by atoms with Crippen LogP contribution in [0, 0.1) is 0 Å². The number of esters is 1. The van der Waals surface area contributed by atoms with E-state index in [1.54, 1.807) is 11.6 Å². The molecule has 0 bridgehead atoms. The Bertz CT molecular complexity index is 402. The van der Waals surface area contributed by atoms with E-state index in [1.165, 1.54) is 0 Å². The van der Waals surface area contributed by atoms with Gasteiger partial charge in [0.05, 0.1) is 12.6 Å². The Hall–Kier alpha value is -1.43. The molecular formula is C10H15N3O3. The van der Waals surface area contributed by atoms with Crippen LogP contribution in [0.4, 0.5) is 0 Å². The molecule has 6 nitrogen and oxygen atoms in total. The monoisotopic (exact) mass is 225 g/mol. The van der Waals surface area contributed by atoms with E-state index in [0.717, 1.165) is 6.42 Å². The first-order valence-electron chi connectivity index (χ1n) is 5.49. The molecule has 2 heterocycles. The van der Waals surface area contributed by atoms with E-state index in [1.807, 2.05) is 6.92 Å². The van der Waals surface area contributed by atoms with Crippen molar-refractivity contribution in [2.75, 3.05) is 6.61 Å². The van der Waals surface area contributed by atoms with Crippen molar-refractivity contribution in [2.45, 2.75) is 38.8 Å². The van der Waals surface area contributed by atoms with Crippen LogP contribution in [0.3, 0.4) is 0 Å². The summed E-state index contributed by atoms with van der Waals surface area (Å²) in [6.45, 7) is 4.03. The number of carbonyl (C=O) groups is 1. The number of aromatic nitrogens is 3. The third-order valence-corrected chi connectivity index (χ3v) is 2.73. The van der Waals surface area contributed by atoms with Crippen LogP contribution >= 0.6 is 0 Å². The molecule has 0 aromatic carbocycles. The lowest BCUT2D eigenvalue weighted by Gasteiger charge is -2.06. The molecule has 2 atom stereocenters. The van der Waals surface area contributed by atoms with Gasteiger partial charge in [-0.3, -0.25) is 0 Å². The van der Waals surface area contributed by atoms with Crippen molar-refractivity contribution in [2.24, 2.45) is 0 Å². The van der Waals surface area contributed by atoms with Gasteiger partial charge in [0.25, 0.3) is 5.82 Å². The highest BCUT2D eigenvalue weighted by atomic mass is 16.5. The molecule has 1 aliphatic heterocycles. The molecule has 0 unspecified atom stereocenters. The number of hydrogen-bond acceptors (Lipinski definition) is 5. The second kappa shape index (κ2) is 4.21. The number of nitrogens with zero attached hydrogens (tertiary/aromatic N) is 3. The van der Waals surface area contributed by atoms with Gasteiger partial charge in [0.15, 0.2) is 5.82 Å². The summed E-state index contributed by atoms with van der Waals surface area (Å²) in [5.41, 5.74) is 0. The van der Waals surface area contributed by atoms with E-state index in [-0.39, 0.29) is 11.9 Å². The third kappa shape index (κ3) is 1.69. The molecule has 16 heavy (non-hydrogen) atoms. The predicted octanol–water partition coefficient (Wildman–Crippen LogP) is 0.843. The molecule has 1 aromatic heterocycles. The highest BCUT2D eigenvalue weighted by Crippen LogP contribution is 2.34.